The van der Waals surface area contributed by atoms with Gasteiger partial charge in [0.05, 0.1) is 12.4 Å². The smallest absolute Gasteiger partial charge is 0.233 e. The fourth-order valence-electron chi connectivity index (χ4n) is 2.34. The van der Waals surface area contributed by atoms with E-state index in [1.807, 2.05) is 49.4 Å². The van der Waals surface area contributed by atoms with Gasteiger partial charge in [-0.3, -0.25) is 4.79 Å². The van der Waals surface area contributed by atoms with Gasteiger partial charge in [-0.25, -0.2) is 0 Å². The molecule has 0 aliphatic carbocycles. The van der Waals surface area contributed by atoms with Crippen LogP contribution >= 0.6 is 11.8 Å². The van der Waals surface area contributed by atoms with Gasteiger partial charge in [-0.15, -0.1) is 11.8 Å². The second kappa shape index (κ2) is 9.38. The maximum Gasteiger partial charge on any atom is 0.233 e. The van der Waals surface area contributed by atoms with Crippen LogP contribution < -0.4 is 0 Å². The molecular weight excluding hydrogens is 306 g/mol. The van der Waals surface area contributed by atoms with Crippen molar-refractivity contribution in [3.05, 3.63) is 65.7 Å². The number of aliphatic hydroxyl groups excluding tert-OH is 1. The third kappa shape index (κ3) is 5.73. The van der Waals surface area contributed by atoms with Crippen molar-refractivity contribution >= 4 is 17.7 Å². The second-order valence-corrected chi connectivity index (χ2v) is 6.41. The molecule has 2 aromatic carbocycles. The second-order valence-electron chi connectivity index (χ2n) is 5.39. The Bertz CT molecular complexity index is 616. The molecule has 0 saturated carbocycles. The summed E-state index contributed by atoms with van der Waals surface area (Å²) in [4.78, 5) is 15.3. The number of hydrogen-bond acceptors (Lipinski definition) is 3. The van der Waals surface area contributed by atoms with Gasteiger partial charge in [0.15, 0.2) is 0 Å². The molecular formula is C19H23NO2S. The summed E-state index contributed by atoms with van der Waals surface area (Å²) >= 11 is 1.56. The Morgan fingerprint density at radius 3 is 2.43 bits per heavy atom. The largest absolute Gasteiger partial charge is 0.395 e. The van der Waals surface area contributed by atoms with Crippen LogP contribution in [0, 0.1) is 6.92 Å². The molecule has 0 aliphatic heterocycles. The molecule has 23 heavy (non-hydrogen) atoms. The minimum atomic E-state index is -0.00440. The maximum atomic E-state index is 12.4. The molecule has 0 aliphatic rings. The van der Waals surface area contributed by atoms with E-state index in [0.717, 1.165) is 11.3 Å². The Labute approximate surface area is 142 Å². The van der Waals surface area contributed by atoms with E-state index in [1.165, 1.54) is 11.1 Å². The van der Waals surface area contributed by atoms with Crippen molar-refractivity contribution in [2.24, 2.45) is 0 Å². The van der Waals surface area contributed by atoms with Gasteiger partial charge in [0.1, 0.15) is 0 Å². The molecule has 0 fully saturated rings. The van der Waals surface area contributed by atoms with Gasteiger partial charge in [-0.1, -0.05) is 48.5 Å². The zero-order valence-electron chi connectivity index (χ0n) is 13.4. The van der Waals surface area contributed by atoms with E-state index in [2.05, 4.69) is 12.1 Å². The SMILES string of the molecule is Cc1ccccc1SCC(=O)N(CCO)CCc1ccccc1. The summed E-state index contributed by atoms with van der Waals surface area (Å²) in [5, 5.41) is 9.21. The maximum absolute atomic E-state index is 12.4. The first-order valence-electron chi connectivity index (χ1n) is 7.81. The quantitative estimate of drug-likeness (QED) is 0.756. The average molecular weight is 329 g/mol. The van der Waals surface area contributed by atoms with E-state index in [1.54, 1.807) is 16.7 Å². The molecule has 0 bridgehead atoms. The van der Waals surface area contributed by atoms with E-state index in [9.17, 15) is 9.90 Å². The molecule has 122 valence electrons. The van der Waals surface area contributed by atoms with Crippen molar-refractivity contribution in [1.29, 1.82) is 0 Å². The van der Waals surface area contributed by atoms with Crippen LogP contribution in [0.15, 0.2) is 59.5 Å². The average Bonchev–Trinajstić information content (AvgIpc) is 2.58. The van der Waals surface area contributed by atoms with Gasteiger partial charge >= 0.3 is 0 Å². The van der Waals surface area contributed by atoms with Crippen molar-refractivity contribution in [1.82, 2.24) is 4.90 Å². The van der Waals surface area contributed by atoms with E-state index < -0.39 is 0 Å². The molecule has 0 heterocycles. The van der Waals surface area contributed by atoms with E-state index >= 15 is 0 Å². The zero-order chi connectivity index (χ0) is 16.5. The Hall–Kier alpha value is -1.78. The number of aryl methyl sites for hydroxylation is 1. The minimum absolute atomic E-state index is 0.00440. The Balaban J connectivity index is 1.89. The first-order chi connectivity index (χ1) is 11.2. The third-order valence-electron chi connectivity index (χ3n) is 3.68. The van der Waals surface area contributed by atoms with Crippen LogP contribution in [0.1, 0.15) is 11.1 Å². The summed E-state index contributed by atoms with van der Waals surface area (Å²) in [5.41, 5.74) is 2.39. The highest BCUT2D eigenvalue weighted by Gasteiger charge is 2.13. The Morgan fingerprint density at radius 1 is 1.04 bits per heavy atom. The fraction of sp³-hybridized carbons (Fsp3) is 0.316. The molecule has 0 spiro atoms. The van der Waals surface area contributed by atoms with Crippen LogP contribution in [0.3, 0.4) is 0 Å². The van der Waals surface area contributed by atoms with Gasteiger partial charge in [0.25, 0.3) is 0 Å². The summed E-state index contributed by atoms with van der Waals surface area (Å²) in [6.07, 6.45) is 0.807. The summed E-state index contributed by atoms with van der Waals surface area (Å²) in [6.45, 7) is 3.07. The number of amides is 1. The number of hydrogen-bond donors (Lipinski definition) is 1. The lowest BCUT2D eigenvalue weighted by molar-refractivity contribution is -0.128. The third-order valence-corrected chi connectivity index (χ3v) is 4.84. The van der Waals surface area contributed by atoms with Crippen LogP contribution in [0.4, 0.5) is 0 Å². The lowest BCUT2D eigenvalue weighted by Crippen LogP contribution is -2.36. The number of carbonyl (C=O) groups excluding carboxylic acids is 1. The zero-order valence-corrected chi connectivity index (χ0v) is 14.3. The molecule has 2 rings (SSSR count). The lowest BCUT2D eigenvalue weighted by Gasteiger charge is -2.22. The molecule has 2 aromatic rings. The molecule has 3 nitrogen and oxygen atoms in total. The van der Waals surface area contributed by atoms with Crippen LogP contribution in [-0.4, -0.2) is 41.4 Å². The molecule has 0 atom stereocenters. The van der Waals surface area contributed by atoms with Crippen molar-refractivity contribution in [2.75, 3.05) is 25.4 Å². The molecule has 1 amide bonds. The van der Waals surface area contributed by atoms with Crippen LogP contribution in [0.2, 0.25) is 0 Å². The summed E-state index contributed by atoms with van der Waals surface area (Å²) in [7, 11) is 0. The molecule has 0 unspecified atom stereocenters. The van der Waals surface area contributed by atoms with Gasteiger partial charge in [0, 0.05) is 18.0 Å². The van der Waals surface area contributed by atoms with E-state index in [4.69, 9.17) is 0 Å². The van der Waals surface area contributed by atoms with Crippen LogP contribution in [0.25, 0.3) is 0 Å². The topological polar surface area (TPSA) is 40.5 Å². The normalized spacial score (nSPS) is 10.5. The molecule has 0 saturated heterocycles. The Morgan fingerprint density at radius 2 is 1.74 bits per heavy atom. The summed E-state index contributed by atoms with van der Waals surface area (Å²) in [5.74, 6) is 0.475. The summed E-state index contributed by atoms with van der Waals surface area (Å²) < 4.78 is 0. The monoisotopic (exact) mass is 329 g/mol. The molecule has 0 aromatic heterocycles. The molecule has 4 heteroatoms. The lowest BCUT2D eigenvalue weighted by atomic mass is 10.1. The van der Waals surface area contributed by atoms with Gasteiger partial charge in [-0.2, -0.15) is 0 Å². The molecule has 0 radical (unpaired) electrons. The van der Waals surface area contributed by atoms with E-state index in [-0.39, 0.29) is 12.5 Å². The summed E-state index contributed by atoms with van der Waals surface area (Å²) in [6, 6.07) is 18.2. The number of rotatable bonds is 8. The fourth-order valence-corrected chi connectivity index (χ4v) is 3.27. The number of benzene rings is 2. The van der Waals surface area contributed by atoms with Crippen molar-refractivity contribution in [3.8, 4) is 0 Å². The Kier molecular flexibility index (Phi) is 7.17. The highest BCUT2D eigenvalue weighted by atomic mass is 32.2. The number of aliphatic hydroxyl groups is 1. The van der Waals surface area contributed by atoms with Crippen molar-refractivity contribution in [2.45, 2.75) is 18.2 Å². The highest BCUT2D eigenvalue weighted by molar-refractivity contribution is 8.00. The van der Waals surface area contributed by atoms with Crippen molar-refractivity contribution in [3.63, 3.8) is 0 Å². The minimum Gasteiger partial charge on any atom is -0.395 e. The predicted octanol–water partition coefficient (Wildman–Crippen LogP) is 3.15. The van der Waals surface area contributed by atoms with E-state index in [0.29, 0.717) is 18.8 Å². The number of thioether (sulfide) groups is 1. The van der Waals surface area contributed by atoms with Gasteiger partial charge < -0.3 is 10.0 Å². The first-order valence-corrected chi connectivity index (χ1v) is 8.80. The van der Waals surface area contributed by atoms with Crippen LogP contribution in [-0.2, 0) is 11.2 Å². The van der Waals surface area contributed by atoms with Crippen molar-refractivity contribution < 1.29 is 9.90 Å². The number of carbonyl (C=O) groups is 1. The first kappa shape index (κ1) is 17.6. The standard InChI is InChI=1S/C19H23NO2S/c1-16-7-5-6-10-18(16)23-15-19(22)20(13-14-21)12-11-17-8-3-2-4-9-17/h2-10,21H,11-15H2,1H3. The van der Waals surface area contributed by atoms with Gasteiger partial charge in [0.2, 0.25) is 5.91 Å². The highest BCUT2D eigenvalue weighted by Crippen LogP contribution is 2.22. The predicted molar refractivity (Wildman–Crippen MR) is 95.7 cm³/mol. The van der Waals surface area contributed by atoms with Crippen LogP contribution in [0.5, 0.6) is 0 Å². The molecule has 1 N–H and O–H groups in total. The number of nitrogens with zero attached hydrogens (tertiary/aromatic N) is 1. The van der Waals surface area contributed by atoms with Gasteiger partial charge in [-0.05, 0) is 30.5 Å².